The van der Waals surface area contributed by atoms with E-state index in [1.807, 2.05) is 0 Å². The number of rotatable bonds is 21. The second-order valence-electron chi connectivity index (χ2n) is 15.0. The Balaban J connectivity index is 1.17. The van der Waals surface area contributed by atoms with Crippen LogP contribution in [0.1, 0.15) is 142 Å². The predicted molar refractivity (Wildman–Crippen MR) is 222 cm³/mol. The Morgan fingerprint density at radius 1 is 0.520 bits per heavy atom. The summed E-state index contributed by atoms with van der Waals surface area (Å²) in [6.45, 7) is 11.5. The van der Waals surface area contributed by atoms with Crippen molar-refractivity contribution in [2.45, 2.75) is 137 Å². The van der Waals surface area contributed by atoms with Gasteiger partial charge >= 0.3 is 0 Å². The maximum atomic E-state index is 2.66. The van der Waals surface area contributed by atoms with Gasteiger partial charge in [-0.25, -0.2) is 0 Å². The van der Waals surface area contributed by atoms with E-state index in [0.717, 1.165) is 32.1 Å². The van der Waals surface area contributed by atoms with Crippen LogP contribution in [0.4, 0.5) is 5.69 Å². The lowest BCUT2D eigenvalue weighted by Gasteiger charge is -2.25. The van der Waals surface area contributed by atoms with E-state index in [1.54, 1.807) is 0 Å². The summed E-state index contributed by atoms with van der Waals surface area (Å²) in [6.07, 6.45) is 26.4. The van der Waals surface area contributed by atoms with Crippen LogP contribution in [-0.4, -0.2) is 13.1 Å². The Morgan fingerprint density at radius 3 is 1.68 bits per heavy atom. The number of unbranched alkanes of at least 4 members (excludes halogenated alkanes) is 10. The molecule has 4 aromatic rings. The fourth-order valence-electron chi connectivity index (χ4n) is 7.80. The molecule has 0 N–H and O–H groups in total. The Kier molecular flexibility index (Phi) is 15.3. The Hall–Kier alpha value is -3.58. The van der Waals surface area contributed by atoms with E-state index in [1.165, 1.54) is 151 Å². The fraction of sp³-hybridized carbons (Fsp3) is 0.469. The molecule has 0 fully saturated rings. The first kappa shape index (κ1) is 37.7. The third kappa shape index (κ3) is 11.2. The molecule has 0 spiro atoms. The van der Waals surface area contributed by atoms with E-state index >= 15 is 0 Å². The number of fused-ring (bicyclic) bond motifs is 3. The molecule has 1 aliphatic rings. The lowest BCUT2D eigenvalue weighted by molar-refractivity contribution is 0.575. The molecule has 1 aliphatic carbocycles. The molecule has 1 heteroatoms. The van der Waals surface area contributed by atoms with E-state index in [0.29, 0.717) is 0 Å². The predicted octanol–water partition coefficient (Wildman–Crippen LogP) is 13.8. The van der Waals surface area contributed by atoms with Crippen LogP contribution in [0.15, 0.2) is 78.9 Å². The van der Waals surface area contributed by atoms with Gasteiger partial charge in [0, 0.05) is 18.8 Å². The SMILES string of the molecule is CCCCCCCCN(CCCCCCCC)c1ccc(/C=C/c2ccc3c(c2)CCc2cc(CCc4ccc(C)c(CC)c4)ccc2-3)cc1. The van der Waals surface area contributed by atoms with Gasteiger partial charge in [-0.05, 0) is 120 Å². The first-order chi connectivity index (χ1) is 24.6. The molecule has 1 nitrogen and oxygen atoms in total. The molecule has 4 aromatic carbocycles. The third-order valence-electron chi connectivity index (χ3n) is 11.0. The van der Waals surface area contributed by atoms with Crippen LogP contribution in [0.3, 0.4) is 0 Å². The van der Waals surface area contributed by atoms with Crippen LogP contribution in [-0.2, 0) is 32.1 Å². The molecule has 50 heavy (non-hydrogen) atoms. The maximum absolute atomic E-state index is 2.66. The minimum absolute atomic E-state index is 1.10. The molecule has 0 saturated carbocycles. The standard InChI is InChI=1S/C49H65N/c1-5-8-10-12-14-16-34-50(35-17-15-13-11-9-6-2)47-30-24-40(25-31-47)20-21-42-26-32-48-45(37-42)28-29-46-38-43(27-33-49(46)48)23-22-41-19-18-39(4)44(7-3)36-41/h18-21,24-27,30-33,36-38H,5-17,22-23,28-29,34-35H2,1-4H3/b21-20+. The number of hydrogen-bond donors (Lipinski definition) is 0. The van der Waals surface area contributed by atoms with Crippen molar-refractivity contribution in [3.8, 4) is 11.1 Å². The van der Waals surface area contributed by atoms with Crippen LogP contribution in [0.2, 0.25) is 0 Å². The summed E-state index contributed by atoms with van der Waals surface area (Å²) in [4.78, 5) is 2.66. The fourth-order valence-corrected chi connectivity index (χ4v) is 7.80. The summed E-state index contributed by atoms with van der Waals surface area (Å²) in [5.74, 6) is 0. The van der Waals surface area contributed by atoms with Gasteiger partial charge in [-0.1, -0.05) is 164 Å². The van der Waals surface area contributed by atoms with Crippen LogP contribution in [0, 0.1) is 6.92 Å². The molecule has 0 amide bonds. The zero-order valence-electron chi connectivity index (χ0n) is 32.0. The lowest BCUT2D eigenvalue weighted by Crippen LogP contribution is -2.25. The molecule has 0 unspecified atom stereocenters. The van der Waals surface area contributed by atoms with E-state index in [-0.39, 0.29) is 0 Å². The van der Waals surface area contributed by atoms with Crippen molar-refractivity contribution in [3.63, 3.8) is 0 Å². The third-order valence-corrected chi connectivity index (χ3v) is 11.0. The highest BCUT2D eigenvalue weighted by atomic mass is 15.1. The molecule has 0 saturated heterocycles. The molecule has 266 valence electrons. The molecule has 0 aromatic heterocycles. The summed E-state index contributed by atoms with van der Waals surface area (Å²) in [6, 6.07) is 30.7. The van der Waals surface area contributed by atoms with Crippen molar-refractivity contribution < 1.29 is 0 Å². The molecule has 0 radical (unpaired) electrons. The van der Waals surface area contributed by atoms with Gasteiger partial charge in [-0.2, -0.15) is 0 Å². The van der Waals surface area contributed by atoms with Gasteiger partial charge in [0.1, 0.15) is 0 Å². The summed E-state index contributed by atoms with van der Waals surface area (Å²) in [5, 5.41) is 0. The minimum atomic E-state index is 1.10. The number of nitrogens with zero attached hydrogens (tertiary/aromatic N) is 1. The Bertz CT molecular complexity index is 1610. The highest BCUT2D eigenvalue weighted by Gasteiger charge is 2.17. The van der Waals surface area contributed by atoms with Crippen molar-refractivity contribution in [3.05, 3.63) is 123 Å². The zero-order valence-corrected chi connectivity index (χ0v) is 32.0. The van der Waals surface area contributed by atoms with Crippen molar-refractivity contribution in [2.75, 3.05) is 18.0 Å². The first-order valence-corrected chi connectivity index (χ1v) is 20.4. The van der Waals surface area contributed by atoms with Gasteiger partial charge in [0.15, 0.2) is 0 Å². The average molecular weight is 668 g/mol. The number of anilines is 1. The number of aryl methyl sites for hydroxylation is 6. The van der Waals surface area contributed by atoms with Crippen LogP contribution in [0.25, 0.3) is 23.3 Å². The minimum Gasteiger partial charge on any atom is -0.372 e. The molecular formula is C49H65N. The quantitative estimate of drug-likeness (QED) is 0.0631. The van der Waals surface area contributed by atoms with Gasteiger partial charge in [-0.15, -0.1) is 0 Å². The topological polar surface area (TPSA) is 3.24 Å². The maximum Gasteiger partial charge on any atom is 0.0366 e. The van der Waals surface area contributed by atoms with Crippen molar-refractivity contribution in [1.29, 1.82) is 0 Å². The van der Waals surface area contributed by atoms with Gasteiger partial charge in [0.25, 0.3) is 0 Å². The summed E-state index contributed by atoms with van der Waals surface area (Å²) < 4.78 is 0. The Morgan fingerprint density at radius 2 is 1.04 bits per heavy atom. The van der Waals surface area contributed by atoms with Gasteiger partial charge in [-0.3, -0.25) is 0 Å². The van der Waals surface area contributed by atoms with Crippen molar-refractivity contribution in [2.24, 2.45) is 0 Å². The average Bonchev–Trinajstić information content (AvgIpc) is 3.15. The van der Waals surface area contributed by atoms with Crippen molar-refractivity contribution in [1.82, 2.24) is 0 Å². The number of benzene rings is 4. The summed E-state index contributed by atoms with van der Waals surface area (Å²) in [5.41, 5.74) is 15.6. The van der Waals surface area contributed by atoms with Crippen molar-refractivity contribution >= 4 is 17.8 Å². The van der Waals surface area contributed by atoms with E-state index < -0.39 is 0 Å². The van der Waals surface area contributed by atoms with Crippen LogP contribution < -0.4 is 4.90 Å². The summed E-state index contributed by atoms with van der Waals surface area (Å²) >= 11 is 0. The second kappa shape index (κ2) is 20.3. The summed E-state index contributed by atoms with van der Waals surface area (Å²) in [7, 11) is 0. The highest BCUT2D eigenvalue weighted by molar-refractivity contribution is 5.77. The van der Waals surface area contributed by atoms with Gasteiger partial charge in [0.2, 0.25) is 0 Å². The van der Waals surface area contributed by atoms with Gasteiger partial charge in [0.05, 0.1) is 0 Å². The molecule has 0 aliphatic heterocycles. The van der Waals surface area contributed by atoms with Gasteiger partial charge < -0.3 is 4.90 Å². The number of hydrogen-bond acceptors (Lipinski definition) is 1. The van der Waals surface area contributed by atoms with E-state index in [4.69, 9.17) is 0 Å². The highest BCUT2D eigenvalue weighted by Crippen LogP contribution is 2.35. The molecule has 0 bridgehead atoms. The zero-order chi connectivity index (χ0) is 35.0. The second-order valence-corrected chi connectivity index (χ2v) is 15.0. The molecule has 0 atom stereocenters. The van der Waals surface area contributed by atoms with Crippen LogP contribution >= 0.6 is 0 Å². The molecule has 5 rings (SSSR count). The monoisotopic (exact) mass is 668 g/mol. The van der Waals surface area contributed by atoms with E-state index in [9.17, 15) is 0 Å². The van der Waals surface area contributed by atoms with Crippen LogP contribution in [0.5, 0.6) is 0 Å². The Labute approximate surface area is 306 Å². The first-order valence-electron chi connectivity index (χ1n) is 20.4. The lowest BCUT2D eigenvalue weighted by atomic mass is 9.83. The molecular weight excluding hydrogens is 603 g/mol. The van der Waals surface area contributed by atoms with E-state index in [2.05, 4.69) is 124 Å². The largest absolute Gasteiger partial charge is 0.372 e. The normalized spacial score (nSPS) is 12.3. The smallest absolute Gasteiger partial charge is 0.0366 e. The molecule has 0 heterocycles.